The van der Waals surface area contributed by atoms with Gasteiger partial charge in [0.2, 0.25) is 0 Å². The van der Waals surface area contributed by atoms with Gasteiger partial charge in [-0.1, -0.05) is 13.0 Å². The maximum atomic E-state index is 8.72. The second-order valence-corrected chi connectivity index (χ2v) is 3.27. The molecule has 76 valence electrons. The van der Waals surface area contributed by atoms with Crippen molar-refractivity contribution in [3.8, 4) is 6.07 Å². The monoisotopic (exact) mass is 201 g/mol. The van der Waals surface area contributed by atoms with Crippen LogP contribution in [0.1, 0.15) is 24.4 Å². The van der Waals surface area contributed by atoms with Crippen LogP contribution >= 0.6 is 0 Å². The quantitative estimate of drug-likeness (QED) is 0.779. The largest absolute Gasteiger partial charge is 0.312 e. The van der Waals surface area contributed by atoms with Crippen LogP contribution in [0, 0.1) is 11.3 Å². The Kier molecular flexibility index (Phi) is 2.35. The summed E-state index contributed by atoms with van der Waals surface area (Å²) in [6.07, 6.45) is 2.62. The Morgan fingerprint density at radius 1 is 1.53 bits per heavy atom. The number of aryl methyl sites for hydroxylation is 1. The van der Waals surface area contributed by atoms with Crippen molar-refractivity contribution in [3.05, 3.63) is 29.7 Å². The van der Waals surface area contributed by atoms with Crippen LogP contribution in [-0.2, 0) is 6.42 Å². The van der Waals surface area contributed by atoms with E-state index in [-0.39, 0.29) is 0 Å². The van der Waals surface area contributed by atoms with Gasteiger partial charge in [0.25, 0.3) is 0 Å². The molecule has 0 radical (unpaired) electrons. The SMILES string of the molecule is CCc1nnc2ccc(C(N)C#N)cn12. The molecule has 2 rings (SSSR count). The van der Waals surface area contributed by atoms with Gasteiger partial charge in [0.1, 0.15) is 11.9 Å². The molecule has 0 aliphatic heterocycles. The van der Waals surface area contributed by atoms with Crippen LogP contribution in [0.15, 0.2) is 18.3 Å². The van der Waals surface area contributed by atoms with Gasteiger partial charge < -0.3 is 5.73 Å². The smallest absolute Gasteiger partial charge is 0.160 e. The van der Waals surface area contributed by atoms with Crippen LogP contribution in [0.2, 0.25) is 0 Å². The number of hydrogen-bond acceptors (Lipinski definition) is 4. The van der Waals surface area contributed by atoms with Crippen molar-refractivity contribution in [2.75, 3.05) is 0 Å². The van der Waals surface area contributed by atoms with Gasteiger partial charge in [-0.25, -0.2) is 0 Å². The highest BCUT2D eigenvalue weighted by Gasteiger charge is 2.08. The molecular weight excluding hydrogens is 190 g/mol. The third-order valence-electron chi connectivity index (χ3n) is 2.31. The van der Waals surface area contributed by atoms with Crippen LogP contribution in [-0.4, -0.2) is 14.6 Å². The first-order chi connectivity index (χ1) is 7.26. The predicted molar refractivity (Wildman–Crippen MR) is 54.9 cm³/mol. The molecule has 0 aliphatic rings. The first-order valence-electron chi connectivity index (χ1n) is 4.75. The van der Waals surface area contributed by atoms with Crippen LogP contribution in [0.3, 0.4) is 0 Å². The van der Waals surface area contributed by atoms with Crippen LogP contribution < -0.4 is 5.73 Å². The molecule has 0 spiro atoms. The molecule has 0 saturated carbocycles. The Bertz CT molecular complexity index is 522. The van der Waals surface area contributed by atoms with Gasteiger partial charge in [0.15, 0.2) is 5.65 Å². The van der Waals surface area contributed by atoms with Gasteiger partial charge in [-0.2, -0.15) is 5.26 Å². The number of hydrogen-bond donors (Lipinski definition) is 1. The van der Waals surface area contributed by atoms with E-state index < -0.39 is 6.04 Å². The summed E-state index contributed by atoms with van der Waals surface area (Å²) in [7, 11) is 0. The van der Waals surface area contributed by atoms with Crippen molar-refractivity contribution in [1.29, 1.82) is 5.26 Å². The maximum absolute atomic E-state index is 8.72. The van der Waals surface area contributed by atoms with Crippen molar-refractivity contribution < 1.29 is 0 Å². The first-order valence-corrected chi connectivity index (χ1v) is 4.75. The zero-order valence-electron chi connectivity index (χ0n) is 8.38. The highest BCUT2D eigenvalue weighted by atomic mass is 15.2. The van der Waals surface area contributed by atoms with E-state index in [1.165, 1.54) is 0 Å². The molecule has 1 atom stereocenters. The fourth-order valence-corrected chi connectivity index (χ4v) is 1.45. The number of nitriles is 1. The lowest BCUT2D eigenvalue weighted by Gasteiger charge is -2.04. The number of nitrogens with two attached hydrogens (primary N) is 1. The molecule has 5 nitrogen and oxygen atoms in total. The Hall–Kier alpha value is -1.93. The zero-order chi connectivity index (χ0) is 10.8. The zero-order valence-corrected chi connectivity index (χ0v) is 8.38. The molecule has 0 saturated heterocycles. The second-order valence-electron chi connectivity index (χ2n) is 3.27. The minimum atomic E-state index is -0.596. The molecule has 0 aromatic carbocycles. The number of rotatable bonds is 2. The van der Waals surface area contributed by atoms with E-state index >= 15 is 0 Å². The predicted octanol–water partition coefficient (Wildman–Crippen LogP) is 0.815. The average molecular weight is 201 g/mol. The summed E-state index contributed by atoms with van der Waals surface area (Å²) in [4.78, 5) is 0. The third-order valence-corrected chi connectivity index (χ3v) is 2.31. The second kappa shape index (κ2) is 3.67. The minimum Gasteiger partial charge on any atom is -0.312 e. The average Bonchev–Trinajstić information content (AvgIpc) is 2.69. The molecule has 0 amide bonds. The molecule has 2 aromatic heterocycles. The highest BCUT2D eigenvalue weighted by molar-refractivity contribution is 5.40. The minimum absolute atomic E-state index is 0.596. The molecule has 0 aliphatic carbocycles. The van der Waals surface area contributed by atoms with Crippen molar-refractivity contribution in [2.45, 2.75) is 19.4 Å². The lowest BCUT2D eigenvalue weighted by atomic mass is 10.1. The van der Waals surface area contributed by atoms with Gasteiger partial charge in [0, 0.05) is 12.6 Å². The van der Waals surface area contributed by atoms with Crippen LogP contribution in [0.4, 0.5) is 0 Å². The van der Waals surface area contributed by atoms with Crippen LogP contribution in [0.5, 0.6) is 0 Å². The number of nitrogens with zero attached hydrogens (tertiary/aromatic N) is 4. The van der Waals surface area contributed by atoms with Crippen molar-refractivity contribution in [1.82, 2.24) is 14.6 Å². The summed E-state index contributed by atoms with van der Waals surface area (Å²) in [5.74, 6) is 0.872. The van der Waals surface area contributed by atoms with E-state index in [0.717, 1.165) is 23.5 Å². The van der Waals surface area contributed by atoms with E-state index in [0.29, 0.717) is 0 Å². The lowest BCUT2D eigenvalue weighted by molar-refractivity contribution is 0.876. The molecule has 2 N–H and O–H groups in total. The maximum Gasteiger partial charge on any atom is 0.160 e. The summed E-state index contributed by atoms with van der Waals surface area (Å²) in [5, 5.41) is 16.8. The summed E-state index contributed by atoms with van der Waals surface area (Å²) in [6.45, 7) is 2.01. The molecule has 1 unspecified atom stereocenters. The van der Waals surface area contributed by atoms with Gasteiger partial charge >= 0.3 is 0 Å². The van der Waals surface area contributed by atoms with Gasteiger partial charge in [0.05, 0.1) is 6.07 Å². The molecular formula is C10H11N5. The summed E-state index contributed by atoms with van der Waals surface area (Å²) in [5.41, 5.74) is 7.19. The number of pyridine rings is 1. The standard InChI is InChI=1S/C10H11N5/c1-2-9-13-14-10-4-3-7(6-15(9)10)8(12)5-11/h3-4,6,8H,2,12H2,1H3. The van der Waals surface area contributed by atoms with E-state index in [2.05, 4.69) is 10.2 Å². The summed E-state index contributed by atoms with van der Waals surface area (Å²) < 4.78 is 1.87. The summed E-state index contributed by atoms with van der Waals surface area (Å²) in [6, 6.07) is 5.02. The Labute approximate surface area is 87.1 Å². The molecule has 5 heteroatoms. The first kappa shape index (κ1) is 9.62. The molecule has 15 heavy (non-hydrogen) atoms. The fourth-order valence-electron chi connectivity index (χ4n) is 1.45. The highest BCUT2D eigenvalue weighted by Crippen LogP contribution is 2.12. The van der Waals surface area contributed by atoms with Crippen molar-refractivity contribution in [3.63, 3.8) is 0 Å². The normalized spacial score (nSPS) is 12.6. The Morgan fingerprint density at radius 2 is 2.33 bits per heavy atom. The molecule has 2 aromatic rings. The van der Waals surface area contributed by atoms with Gasteiger partial charge in [-0.3, -0.25) is 4.40 Å². The third kappa shape index (κ3) is 1.55. The molecule has 0 bridgehead atoms. The lowest BCUT2D eigenvalue weighted by Crippen LogP contribution is -2.08. The van der Waals surface area contributed by atoms with E-state index in [9.17, 15) is 0 Å². The fraction of sp³-hybridized carbons (Fsp3) is 0.300. The van der Waals surface area contributed by atoms with E-state index in [4.69, 9.17) is 11.0 Å². The Balaban J connectivity index is 2.58. The number of fused-ring (bicyclic) bond motifs is 1. The van der Waals surface area contributed by atoms with E-state index in [1.807, 2.05) is 29.7 Å². The Morgan fingerprint density at radius 3 is 3.00 bits per heavy atom. The topological polar surface area (TPSA) is 80.0 Å². The van der Waals surface area contributed by atoms with Crippen molar-refractivity contribution >= 4 is 5.65 Å². The number of aromatic nitrogens is 3. The van der Waals surface area contributed by atoms with E-state index in [1.54, 1.807) is 6.07 Å². The van der Waals surface area contributed by atoms with Gasteiger partial charge in [-0.15, -0.1) is 10.2 Å². The molecule has 0 fully saturated rings. The molecule has 2 heterocycles. The van der Waals surface area contributed by atoms with Crippen molar-refractivity contribution in [2.24, 2.45) is 5.73 Å². The summed E-state index contributed by atoms with van der Waals surface area (Å²) >= 11 is 0. The van der Waals surface area contributed by atoms with Gasteiger partial charge in [-0.05, 0) is 11.6 Å². The van der Waals surface area contributed by atoms with Crippen LogP contribution in [0.25, 0.3) is 5.65 Å².